The van der Waals surface area contributed by atoms with Crippen LogP contribution in [0.4, 0.5) is 0 Å². The topological polar surface area (TPSA) is 35.5 Å². The summed E-state index contributed by atoms with van der Waals surface area (Å²) in [6.45, 7) is 4.84. The van der Waals surface area contributed by atoms with Crippen LogP contribution in [0.3, 0.4) is 0 Å². The first kappa shape index (κ1) is 17.9. The third-order valence-corrected chi connectivity index (χ3v) is 3.32. The second-order valence-corrected chi connectivity index (χ2v) is 4.97. The summed E-state index contributed by atoms with van der Waals surface area (Å²) < 4.78 is 10.3. The van der Waals surface area contributed by atoms with Gasteiger partial charge in [0.15, 0.2) is 6.10 Å². The molecule has 0 N–H and O–H groups in total. The number of ether oxygens (including phenoxy) is 1. The van der Waals surface area contributed by atoms with Crippen molar-refractivity contribution < 1.29 is 14.1 Å². The Hall–Kier alpha value is -0.140. The molecule has 0 aromatic rings. The van der Waals surface area contributed by atoms with E-state index in [4.69, 9.17) is 9.26 Å². The van der Waals surface area contributed by atoms with E-state index in [-0.39, 0.29) is 5.97 Å². The number of rotatable bonds is 12. The maximum Gasteiger partial charge on any atom is 0.335 e. The first-order chi connectivity index (χ1) is 8.76. The Labute approximate surface area is 114 Å². The van der Waals surface area contributed by atoms with E-state index in [0.717, 1.165) is 32.1 Å². The Balaban J connectivity index is 3.49. The zero-order chi connectivity index (χ0) is 13.6. The summed E-state index contributed by atoms with van der Waals surface area (Å²) >= 11 is 0. The lowest BCUT2D eigenvalue weighted by Crippen LogP contribution is -2.24. The molecular weight excluding hydrogens is 247 g/mol. The number of unbranched alkanes of at least 4 members (excludes halogenated alkanes) is 6. The van der Waals surface area contributed by atoms with Gasteiger partial charge in [0.1, 0.15) is 0 Å². The van der Waals surface area contributed by atoms with Crippen LogP contribution in [0.1, 0.15) is 71.6 Å². The fourth-order valence-corrected chi connectivity index (χ4v) is 2.03. The van der Waals surface area contributed by atoms with Gasteiger partial charge in [0.25, 0.3) is 0 Å². The highest BCUT2D eigenvalue weighted by Crippen LogP contribution is 2.11. The van der Waals surface area contributed by atoms with E-state index in [1.165, 1.54) is 25.7 Å². The maximum atomic E-state index is 11.7. The lowest BCUT2D eigenvalue weighted by atomic mass is 10.1. The summed E-state index contributed by atoms with van der Waals surface area (Å²) in [6, 6.07) is 0. The van der Waals surface area contributed by atoms with Crippen LogP contribution in [-0.2, 0) is 14.1 Å². The maximum absolute atomic E-state index is 11.7. The molecule has 0 aliphatic heterocycles. The Morgan fingerprint density at radius 1 is 1.00 bits per heavy atom. The van der Waals surface area contributed by atoms with Crippen LogP contribution in [0.2, 0.25) is 0 Å². The predicted molar refractivity (Wildman–Crippen MR) is 78.4 cm³/mol. The molecule has 0 bridgehead atoms. The van der Waals surface area contributed by atoms with E-state index in [1.807, 2.05) is 0 Å². The van der Waals surface area contributed by atoms with Gasteiger partial charge in [-0.2, -0.15) is 0 Å². The molecule has 0 saturated carbocycles. The van der Waals surface area contributed by atoms with Crippen molar-refractivity contribution >= 4 is 15.4 Å². The van der Waals surface area contributed by atoms with Gasteiger partial charge in [-0.3, -0.25) is 0 Å². The van der Waals surface area contributed by atoms with Gasteiger partial charge in [0.2, 0.25) is 0 Å². The van der Waals surface area contributed by atoms with Crippen LogP contribution in [0.15, 0.2) is 0 Å². The minimum atomic E-state index is -0.407. The molecule has 4 heteroatoms. The lowest BCUT2D eigenvalue weighted by molar-refractivity contribution is -0.151. The van der Waals surface area contributed by atoms with Crippen molar-refractivity contribution in [3.8, 4) is 0 Å². The molecule has 18 heavy (non-hydrogen) atoms. The number of hydrogen-bond acceptors (Lipinski definition) is 3. The molecule has 0 aromatic heterocycles. The molecule has 0 amide bonds. The molecule has 0 aliphatic carbocycles. The van der Waals surface area contributed by atoms with Gasteiger partial charge in [0.05, 0.1) is 6.61 Å². The summed E-state index contributed by atoms with van der Waals surface area (Å²) in [6.07, 6.45) is 9.61. The van der Waals surface area contributed by atoms with E-state index in [2.05, 4.69) is 23.3 Å². The third-order valence-electron chi connectivity index (χ3n) is 2.99. The van der Waals surface area contributed by atoms with Crippen LogP contribution in [-0.4, -0.2) is 18.7 Å². The average molecular weight is 276 g/mol. The van der Waals surface area contributed by atoms with Crippen molar-refractivity contribution in [2.24, 2.45) is 0 Å². The zero-order valence-corrected chi connectivity index (χ0v) is 13.1. The summed E-state index contributed by atoms with van der Waals surface area (Å²) in [5, 5.41) is 0. The monoisotopic (exact) mass is 276 g/mol. The quantitative estimate of drug-likeness (QED) is 0.303. The Bertz CT molecular complexity index is 197. The van der Waals surface area contributed by atoms with Crippen LogP contribution in [0.5, 0.6) is 0 Å². The molecule has 2 atom stereocenters. The normalized spacial score (nSPS) is 12.4. The molecule has 0 fully saturated rings. The van der Waals surface area contributed by atoms with Crippen molar-refractivity contribution in [1.82, 2.24) is 0 Å². The summed E-state index contributed by atoms with van der Waals surface area (Å²) in [5.74, 6) is -0.216. The summed E-state index contributed by atoms with van der Waals surface area (Å²) in [7, 11) is 2.16. The molecule has 3 nitrogen and oxygen atoms in total. The van der Waals surface area contributed by atoms with Gasteiger partial charge in [-0.15, -0.1) is 0 Å². The van der Waals surface area contributed by atoms with Gasteiger partial charge in [0, 0.05) is 9.47 Å². The van der Waals surface area contributed by atoms with E-state index in [1.54, 1.807) is 0 Å². The van der Waals surface area contributed by atoms with E-state index >= 15 is 0 Å². The van der Waals surface area contributed by atoms with Crippen molar-refractivity contribution in [2.45, 2.75) is 77.7 Å². The number of carbonyl (C=O) groups is 1. The summed E-state index contributed by atoms with van der Waals surface area (Å²) in [4.78, 5) is 11.7. The second-order valence-electron chi connectivity index (χ2n) is 4.70. The van der Waals surface area contributed by atoms with Crippen LogP contribution in [0, 0.1) is 0 Å². The van der Waals surface area contributed by atoms with E-state index < -0.39 is 6.10 Å². The number of hydrogen-bond donors (Lipinski definition) is 0. The highest BCUT2D eigenvalue weighted by molar-refractivity contribution is 7.09. The molecule has 0 aliphatic rings. The van der Waals surface area contributed by atoms with Crippen LogP contribution in [0.25, 0.3) is 0 Å². The molecule has 0 rings (SSSR count). The first-order valence-electron chi connectivity index (χ1n) is 7.28. The second kappa shape index (κ2) is 13.3. The SMILES string of the molecule is CCCCCCCCOC(=O)C(CCCC)OP. The van der Waals surface area contributed by atoms with Crippen molar-refractivity contribution in [3.63, 3.8) is 0 Å². The standard InChI is InChI=1S/C14H29O3P/c1-3-5-7-8-9-10-12-16-14(15)13(17-18)11-6-4-2/h13H,3-12,18H2,1-2H3. The van der Waals surface area contributed by atoms with Crippen molar-refractivity contribution in [3.05, 3.63) is 0 Å². The van der Waals surface area contributed by atoms with Crippen LogP contribution < -0.4 is 0 Å². The highest BCUT2D eigenvalue weighted by atomic mass is 31.0. The molecule has 0 radical (unpaired) electrons. The largest absolute Gasteiger partial charge is 0.464 e. The molecule has 2 unspecified atom stereocenters. The van der Waals surface area contributed by atoms with Gasteiger partial charge in [-0.25, -0.2) is 4.79 Å². The Morgan fingerprint density at radius 3 is 2.22 bits per heavy atom. The third kappa shape index (κ3) is 9.85. The fraction of sp³-hybridized carbons (Fsp3) is 0.929. The predicted octanol–water partition coefficient (Wildman–Crippen LogP) is 4.26. The Morgan fingerprint density at radius 2 is 1.61 bits per heavy atom. The first-order valence-corrected chi connectivity index (χ1v) is 7.75. The van der Waals surface area contributed by atoms with Gasteiger partial charge in [-0.1, -0.05) is 58.8 Å². The lowest BCUT2D eigenvalue weighted by Gasteiger charge is -2.13. The fourth-order valence-electron chi connectivity index (χ4n) is 1.78. The minimum absolute atomic E-state index is 0.216. The highest BCUT2D eigenvalue weighted by Gasteiger charge is 2.18. The average Bonchev–Trinajstić information content (AvgIpc) is 2.38. The number of carbonyl (C=O) groups excluding carboxylic acids is 1. The van der Waals surface area contributed by atoms with Gasteiger partial charge < -0.3 is 9.26 Å². The zero-order valence-electron chi connectivity index (χ0n) is 12.0. The summed E-state index contributed by atoms with van der Waals surface area (Å²) in [5.41, 5.74) is 0. The van der Waals surface area contributed by atoms with Crippen molar-refractivity contribution in [2.75, 3.05) is 6.61 Å². The van der Waals surface area contributed by atoms with Gasteiger partial charge in [-0.05, 0) is 12.8 Å². The molecule has 0 aromatic carbocycles. The molecule has 108 valence electrons. The molecule has 0 saturated heterocycles. The van der Waals surface area contributed by atoms with Crippen molar-refractivity contribution in [1.29, 1.82) is 0 Å². The number of esters is 1. The smallest absolute Gasteiger partial charge is 0.335 e. The molecule has 0 spiro atoms. The van der Waals surface area contributed by atoms with Crippen LogP contribution >= 0.6 is 9.47 Å². The molecule has 0 heterocycles. The van der Waals surface area contributed by atoms with Gasteiger partial charge >= 0.3 is 5.97 Å². The minimum Gasteiger partial charge on any atom is -0.464 e. The van der Waals surface area contributed by atoms with E-state index in [9.17, 15) is 4.79 Å². The molecular formula is C14H29O3P. The van der Waals surface area contributed by atoms with E-state index in [0.29, 0.717) is 6.61 Å². The Kier molecular flexibility index (Phi) is 13.2.